The molecule has 0 fully saturated rings. The summed E-state index contributed by atoms with van der Waals surface area (Å²) in [5, 5.41) is 0. The smallest absolute Gasteiger partial charge is 0.143 e. The first-order valence-electron chi connectivity index (χ1n) is 38.4. The van der Waals surface area contributed by atoms with Crippen molar-refractivity contribution < 1.29 is 14.4 Å². The molecule has 0 saturated heterocycles. The van der Waals surface area contributed by atoms with E-state index >= 15 is 0 Å². The molecule has 0 aliphatic carbocycles. The average Bonchev–Trinajstić information content (AvgIpc) is 0.912. The minimum atomic E-state index is -0.196. The number of benzene rings is 2. The number of Topliss-reactive ketones (excluding diaryl/α,β-unsaturated/α-hetero) is 3. The van der Waals surface area contributed by atoms with Crippen molar-refractivity contribution in [3.8, 4) is 0 Å². The molecule has 0 N–H and O–H groups in total. The summed E-state index contributed by atoms with van der Waals surface area (Å²) in [4.78, 5) is 32.5. The molecule has 0 saturated carbocycles. The minimum absolute atomic E-state index is 0.196. The largest absolute Gasteiger partial charge is 0.300 e. The van der Waals surface area contributed by atoms with E-state index in [4.69, 9.17) is 0 Å². The summed E-state index contributed by atoms with van der Waals surface area (Å²) in [5.41, 5.74) is 5.39. The van der Waals surface area contributed by atoms with Crippen molar-refractivity contribution in [2.75, 3.05) is 0 Å². The second kappa shape index (κ2) is 57.2. The van der Waals surface area contributed by atoms with Gasteiger partial charge in [0.1, 0.15) is 17.3 Å². The molecule has 0 aromatic heterocycles. The van der Waals surface area contributed by atoms with E-state index in [0.29, 0.717) is 74.5 Å². The average molecular weight is 1320 g/mol. The molecule has 94 heavy (non-hydrogen) atoms. The Bertz CT molecular complexity index is 1720. The molecule has 0 aliphatic heterocycles. The Kier molecular flexibility index (Phi) is 67.0. The van der Waals surface area contributed by atoms with Crippen LogP contribution in [0, 0.1) is 90.7 Å². The highest BCUT2D eigenvalue weighted by Crippen LogP contribution is 2.34. The van der Waals surface area contributed by atoms with Crippen LogP contribution < -0.4 is 0 Å². The van der Waals surface area contributed by atoms with E-state index in [2.05, 4.69) is 296 Å². The number of hydrogen-bond acceptors (Lipinski definition) is 3. The molecule has 0 radical (unpaired) electrons. The highest BCUT2D eigenvalue weighted by molar-refractivity contribution is 5.88. The topological polar surface area (TPSA) is 51.2 Å². The second-order valence-electron chi connectivity index (χ2n) is 40.0. The van der Waals surface area contributed by atoms with Crippen LogP contribution in [0.15, 0.2) is 60.7 Å². The molecule has 2 aromatic carbocycles. The van der Waals surface area contributed by atoms with Crippen LogP contribution in [0.25, 0.3) is 0 Å². The van der Waals surface area contributed by atoms with Gasteiger partial charge in [0.25, 0.3) is 0 Å². The van der Waals surface area contributed by atoms with Gasteiger partial charge >= 0.3 is 0 Å². The first-order valence-corrected chi connectivity index (χ1v) is 38.4. The van der Waals surface area contributed by atoms with E-state index < -0.39 is 0 Å². The molecule has 0 amide bonds. The summed E-state index contributed by atoms with van der Waals surface area (Å²) < 4.78 is 0. The molecule has 0 heterocycles. The van der Waals surface area contributed by atoms with Crippen molar-refractivity contribution in [1.82, 2.24) is 0 Å². The van der Waals surface area contributed by atoms with Gasteiger partial charge in [-0.1, -0.05) is 398 Å². The quantitative estimate of drug-likeness (QED) is 0.168. The lowest BCUT2D eigenvalue weighted by Gasteiger charge is -2.28. The van der Waals surface area contributed by atoms with E-state index in [0.717, 1.165) is 35.5 Å². The molecule has 0 spiro atoms. The SMILES string of the molecule is CC(C)(C)C(=O)C(C)(C)C.CC(C)(C)CC(C)(C)C.CC(C)(C)CC(C)(C)C.CC(C)(C)CC(C)(C)C.CC(C)C(=O)C(C)C.CC(C)CC(C)C.CC(C)CC(C)C.CC(C)CC(C)C.CC(C[C@@H](C)c1ccccc1)c1ccccc1.CCC(=O)CC.CCCCC. The molecule has 2 rings (SSSR count). The predicted molar refractivity (Wildman–Crippen MR) is 437 cm³/mol. The number of carbonyl (C=O) groups excluding carboxylic acids is 3. The van der Waals surface area contributed by atoms with Gasteiger partial charge in [-0.25, -0.2) is 0 Å². The van der Waals surface area contributed by atoms with Gasteiger partial charge in [-0.05, 0) is 136 Å². The molecular weight excluding hydrogens is 1140 g/mol. The van der Waals surface area contributed by atoms with Crippen LogP contribution in [0.4, 0.5) is 0 Å². The second-order valence-corrected chi connectivity index (χ2v) is 40.0. The molecular formula is C91H182O3. The van der Waals surface area contributed by atoms with E-state index in [1.54, 1.807) is 0 Å². The molecule has 3 nitrogen and oxygen atoms in total. The van der Waals surface area contributed by atoms with Gasteiger partial charge in [-0.15, -0.1) is 0 Å². The number of rotatable bonds is 16. The summed E-state index contributed by atoms with van der Waals surface area (Å²) in [6, 6.07) is 21.6. The number of hydrogen-bond donors (Lipinski definition) is 0. The van der Waals surface area contributed by atoms with Crippen LogP contribution in [-0.4, -0.2) is 17.3 Å². The van der Waals surface area contributed by atoms with Crippen molar-refractivity contribution in [3.63, 3.8) is 0 Å². The third-order valence-corrected chi connectivity index (χ3v) is 13.5. The van der Waals surface area contributed by atoms with Gasteiger partial charge in [-0.2, -0.15) is 0 Å². The Morgan fingerprint density at radius 1 is 0.298 bits per heavy atom. The van der Waals surface area contributed by atoms with E-state index in [1.165, 1.54) is 75.3 Å². The monoisotopic (exact) mass is 1320 g/mol. The molecule has 564 valence electrons. The Morgan fingerprint density at radius 3 is 0.553 bits per heavy atom. The summed E-state index contributed by atoms with van der Waals surface area (Å²) in [6.07, 6.45) is 14.6. The predicted octanol–water partition coefficient (Wildman–Crippen LogP) is 31.5. The highest BCUT2D eigenvalue weighted by atomic mass is 16.1. The number of unbranched alkanes of at least 4 members (excludes halogenated alkanes) is 2. The molecule has 2 aromatic rings. The van der Waals surface area contributed by atoms with Crippen molar-refractivity contribution >= 4 is 17.3 Å². The zero-order valence-corrected chi connectivity index (χ0v) is 73.8. The first kappa shape index (κ1) is 110. The van der Waals surface area contributed by atoms with Gasteiger partial charge in [0.05, 0.1) is 0 Å². The van der Waals surface area contributed by atoms with Crippen LogP contribution in [0.5, 0.6) is 0 Å². The van der Waals surface area contributed by atoms with Crippen LogP contribution >= 0.6 is 0 Å². The van der Waals surface area contributed by atoms with Gasteiger partial charge < -0.3 is 0 Å². The van der Waals surface area contributed by atoms with Gasteiger partial charge in [-0.3, -0.25) is 14.4 Å². The first-order chi connectivity index (χ1) is 41.7. The van der Waals surface area contributed by atoms with Crippen LogP contribution in [0.1, 0.15) is 419 Å². The standard InChI is InChI=1S/C17H20.C9H18O.3C9H20.C7H14O.3C7H16.C5H10O.C5H12/c1-14(16-9-5-3-6-10-16)13-15(2)17-11-7-4-8-12-17;1-8(2,3)7(10)9(4,5)6;3*1-8(2,3)7-9(4,5)6;1-5(2)7(8)6(3)4;3*1-6(2)5-7(3)4;1-3-5(6)4-2;1-3-5-4-2/h3-12,14-15H,13H2,1-2H3;1-6H3;3*7H2,1-6H3;5-6H,1-4H3;3*6-7H,5H2,1-4H3;3-4H2,1-2H3;3-5H2,1-2H3/t14-,15?;;;;;;;;;;/m1........../s1. The minimum Gasteiger partial charge on any atom is -0.300 e. The van der Waals surface area contributed by atoms with Crippen LogP contribution in [0.2, 0.25) is 0 Å². The summed E-state index contributed by atoms with van der Waals surface area (Å²) in [6.45, 7) is 101. The van der Waals surface area contributed by atoms with E-state index in [1.807, 2.05) is 83.1 Å². The summed E-state index contributed by atoms with van der Waals surface area (Å²) >= 11 is 0. The van der Waals surface area contributed by atoms with Crippen molar-refractivity contribution in [3.05, 3.63) is 71.8 Å². The van der Waals surface area contributed by atoms with Crippen molar-refractivity contribution in [2.24, 2.45) is 90.7 Å². The van der Waals surface area contributed by atoms with Gasteiger partial charge in [0.15, 0.2) is 0 Å². The molecule has 2 atom stereocenters. The fraction of sp³-hybridized carbons (Fsp3) is 0.835. The highest BCUT2D eigenvalue weighted by Gasteiger charge is 2.32. The van der Waals surface area contributed by atoms with Crippen LogP contribution in [-0.2, 0) is 14.4 Å². The fourth-order valence-corrected chi connectivity index (χ4v) is 12.4. The van der Waals surface area contributed by atoms with Crippen LogP contribution in [0.3, 0.4) is 0 Å². The third kappa shape index (κ3) is 105. The van der Waals surface area contributed by atoms with E-state index in [9.17, 15) is 14.4 Å². The maximum absolute atomic E-state index is 11.5. The lowest BCUT2D eigenvalue weighted by molar-refractivity contribution is -0.134. The van der Waals surface area contributed by atoms with Crippen molar-refractivity contribution in [1.29, 1.82) is 0 Å². The Hall–Kier alpha value is -2.55. The lowest BCUT2D eigenvalue weighted by Crippen LogP contribution is -2.32. The molecule has 3 heteroatoms. The Labute approximate surface area is 598 Å². The molecule has 1 unspecified atom stereocenters. The summed E-state index contributed by atoms with van der Waals surface area (Å²) in [7, 11) is 0. The zero-order valence-electron chi connectivity index (χ0n) is 73.8. The molecule has 0 bridgehead atoms. The third-order valence-electron chi connectivity index (χ3n) is 13.5. The van der Waals surface area contributed by atoms with Gasteiger partial charge in [0, 0.05) is 35.5 Å². The maximum atomic E-state index is 11.5. The lowest BCUT2D eigenvalue weighted by atomic mass is 9.76. The number of ketones is 3. The van der Waals surface area contributed by atoms with E-state index in [-0.39, 0.29) is 22.7 Å². The summed E-state index contributed by atoms with van der Waals surface area (Å²) in [5.74, 6) is 7.91. The fourth-order valence-electron chi connectivity index (χ4n) is 12.4. The number of carbonyl (C=O) groups is 3. The normalized spacial score (nSPS) is 12.4. The maximum Gasteiger partial charge on any atom is 0.143 e. The van der Waals surface area contributed by atoms with Gasteiger partial charge in [0.2, 0.25) is 0 Å². The zero-order chi connectivity index (χ0) is 77.2. The Morgan fingerprint density at radius 2 is 0.489 bits per heavy atom. The molecule has 0 aliphatic rings. The van der Waals surface area contributed by atoms with Crippen molar-refractivity contribution in [2.45, 2.75) is 407 Å². The Balaban J connectivity index is -0.000000123.